The molecule has 3 aromatic rings. The number of aromatic nitrogens is 1. The molecule has 0 bridgehead atoms. The zero-order chi connectivity index (χ0) is 17.2. The topological polar surface area (TPSA) is 45.2 Å². The molecule has 1 atom stereocenters. The molecule has 0 aliphatic carbocycles. The highest BCUT2D eigenvalue weighted by Crippen LogP contribution is 2.28. The molecule has 1 aliphatic heterocycles. The molecule has 1 N–H and O–H groups in total. The molecule has 0 spiro atoms. The fraction of sp³-hybridized carbons (Fsp3) is 0.300. The van der Waals surface area contributed by atoms with Gasteiger partial charge in [-0.3, -0.25) is 4.79 Å². The van der Waals surface area contributed by atoms with Crippen LogP contribution >= 0.6 is 11.3 Å². The summed E-state index contributed by atoms with van der Waals surface area (Å²) in [5.41, 5.74) is 2.97. The lowest BCUT2D eigenvalue weighted by atomic mass is 10.1. The molecule has 2 heterocycles. The van der Waals surface area contributed by atoms with Crippen LogP contribution in [0.1, 0.15) is 29.5 Å². The van der Waals surface area contributed by atoms with E-state index in [1.54, 1.807) is 11.3 Å². The summed E-state index contributed by atoms with van der Waals surface area (Å²) in [5, 5.41) is 4.52. The van der Waals surface area contributed by atoms with Crippen LogP contribution in [0.15, 0.2) is 48.5 Å². The number of fused-ring (bicyclic) bond motifs is 1. The lowest BCUT2D eigenvalue weighted by molar-refractivity contribution is -0.131. The Morgan fingerprint density at radius 3 is 2.68 bits per heavy atom. The molecule has 1 amide bonds. The second-order valence-electron chi connectivity index (χ2n) is 6.44. The van der Waals surface area contributed by atoms with Crippen LogP contribution in [0.25, 0.3) is 10.2 Å². The first-order valence-electron chi connectivity index (χ1n) is 8.68. The second-order valence-corrected chi connectivity index (χ2v) is 7.67. The standard InChI is InChI=1S/C20H21N3OS/c1-14-21-17-10-9-16(13-18(17)25-14)22-19(15-7-3-2-4-8-15)20(24)23-11-5-6-12-23/h2-4,7-10,13,19,22H,5-6,11-12H2,1H3. The highest BCUT2D eigenvalue weighted by atomic mass is 32.1. The van der Waals surface area contributed by atoms with Gasteiger partial charge in [-0.1, -0.05) is 30.3 Å². The number of amides is 1. The van der Waals surface area contributed by atoms with E-state index in [0.29, 0.717) is 0 Å². The van der Waals surface area contributed by atoms with Crippen molar-refractivity contribution in [3.8, 4) is 0 Å². The van der Waals surface area contributed by atoms with E-state index < -0.39 is 0 Å². The van der Waals surface area contributed by atoms with E-state index in [0.717, 1.165) is 52.4 Å². The molecule has 128 valence electrons. The predicted molar refractivity (Wildman–Crippen MR) is 103 cm³/mol. The number of carbonyl (C=O) groups excluding carboxylic acids is 1. The summed E-state index contributed by atoms with van der Waals surface area (Å²) in [4.78, 5) is 19.5. The second kappa shape index (κ2) is 6.84. The van der Waals surface area contributed by atoms with Gasteiger partial charge in [-0.2, -0.15) is 0 Å². The Hall–Kier alpha value is -2.40. The summed E-state index contributed by atoms with van der Waals surface area (Å²) >= 11 is 1.68. The number of nitrogens with one attached hydrogen (secondary N) is 1. The van der Waals surface area contributed by atoms with Crippen molar-refractivity contribution in [1.29, 1.82) is 0 Å². The molecule has 25 heavy (non-hydrogen) atoms. The van der Waals surface area contributed by atoms with Gasteiger partial charge in [0.2, 0.25) is 5.91 Å². The Morgan fingerprint density at radius 1 is 1.16 bits per heavy atom. The largest absolute Gasteiger partial charge is 0.370 e. The third-order valence-corrected chi connectivity index (χ3v) is 5.54. The Bertz CT molecular complexity index is 884. The number of thiazole rings is 1. The number of carbonyl (C=O) groups is 1. The predicted octanol–water partition coefficient (Wildman–Crippen LogP) is 4.38. The maximum absolute atomic E-state index is 13.1. The van der Waals surface area contributed by atoms with Gasteiger partial charge in [0.15, 0.2) is 0 Å². The van der Waals surface area contributed by atoms with Crippen LogP contribution in [0.3, 0.4) is 0 Å². The Balaban J connectivity index is 1.65. The van der Waals surface area contributed by atoms with Crippen LogP contribution in [0.2, 0.25) is 0 Å². The van der Waals surface area contributed by atoms with E-state index in [4.69, 9.17) is 0 Å². The molecule has 1 fully saturated rings. The molecule has 1 aliphatic rings. The average Bonchev–Trinajstić information content (AvgIpc) is 3.28. The van der Waals surface area contributed by atoms with Crippen LogP contribution in [-0.4, -0.2) is 28.9 Å². The number of benzene rings is 2. The van der Waals surface area contributed by atoms with Crippen LogP contribution < -0.4 is 5.32 Å². The number of likely N-dealkylation sites (tertiary alicyclic amines) is 1. The zero-order valence-corrected chi connectivity index (χ0v) is 15.1. The van der Waals surface area contributed by atoms with Crippen molar-refractivity contribution in [2.75, 3.05) is 18.4 Å². The van der Waals surface area contributed by atoms with E-state index in [1.807, 2.05) is 54.3 Å². The van der Waals surface area contributed by atoms with Gasteiger partial charge in [0.25, 0.3) is 0 Å². The summed E-state index contributed by atoms with van der Waals surface area (Å²) in [6.45, 7) is 3.73. The molecule has 4 nitrogen and oxygen atoms in total. The van der Waals surface area contributed by atoms with Crippen molar-refractivity contribution in [1.82, 2.24) is 9.88 Å². The number of hydrogen-bond acceptors (Lipinski definition) is 4. The van der Waals surface area contributed by atoms with Crippen molar-refractivity contribution in [2.45, 2.75) is 25.8 Å². The summed E-state index contributed by atoms with van der Waals surface area (Å²) in [7, 11) is 0. The first-order valence-corrected chi connectivity index (χ1v) is 9.50. The molecule has 1 saturated heterocycles. The van der Waals surface area contributed by atoms with E-state index in [9.17, 15) is 4.79 Å². The molecule has 5 heteroatoms. The Morgan fingerprint density at radius 2 is 1.92 bits per heavy atom. The number of anilines is 1. The third kappa shape index (κ3) is 3.37. The molecular formula is C20H21N3OS. The number of rotatable bonds is 4. The minimum absolute atomic E-state index is 0.157. The van der Waals surface area contributed by atoms with Gasteiger partial charge < -0.3 is 10.2 Å². The SMILES string of the molecule is Cc1nc2ccc(NC(C(=O)N3CCCC3)c3ccccc3)cc2s1. The molecule has 1 aromatic heterocycles. The van der Waals surface area contributed by atoms with Gasteiger partial charge in [-0.25, -0.2) is 4.98 Å². The maximum Gasteiger partial charge on any atom is 0.249 e. The van der Waals surface area contributed by atoms with Crippen LogP contribution in [0, 0.1) is 6.92 Å². The van der Waals surface area contributed by atoms with Gasteiger partial charge >= 0.3 is 0 Å². The Kier molecular flexibility index (Phi) is 4.40. The Labute approximate surface area is 151 Å². The first kappa shape index (κ1) is 16.1. The van der Waals surface area contributed by atoms with Gasteiger partial charge in [0.1, 0.15) is 6.04 Å². The monoisotopic (exact) mass is 351 g/mol. The van der Waals surface area contributed by atoms with Crippen LogP contribution in [0.5, 0.6) is 0 Å². The highest BCUT2D eigenvalue weighted by molar-refractivity contribution is 7.18. The maximum atomic E-state index is 13.1. The molecule has 4 rings (SSSR count). The summed E-state index contributed by atoms with van der Waals surface area (Å²) in [6.07, 6.45) is 2.19. The van der Waals surface area contributed by atoms with Gasteiger partial charge in [0, 0.05) is 18.8 Å². The normalized spacial score (nSPS) is 15.5. The van der Waals surface area contributed by atoms with Gasteiger partial charge in [-0.15, -0.1) is 11.3 Å². The molecule has 0 saturated carbocycles. The average molecular weight is 351 g/mol. The molecule has 1 unspecified atom stereocenters. The summed E-state index contributed by atoms with van der Waals surface area (Å²) in [6, 6.07) is 15.7. The van der Waals surface area contributed by atoms with Crippen molar-refractivity contribution in [2.24, 2.45) is 0 Å². The third-order valence-electron chi connectivity index (χ3n) is 4.60. The lowest BCUT2D eigenvalue weighted by Crippen LogP contribution is -2.36. The van der Waals surface area contributed by atoms with Crippen molar-refractivity contribution in [3.63, 3.8) is 0 Å². The fourth-order valence-electron chi connectivity index (χ4n) is 3.35. The fourth-order valence-corrected chi connectivity index (χ4v) is 4.22. The van der Waals surface area contributed by atoms with Crippen LogP contribution in [0.4, 0.5) is 5.69 Å². The van der Waals surface area contributed by atoms with E-state index >= 15 is 0 Å². The van der Waals surface area contributed by atoms with Crippen molar-refractivity contribution >= 4 is 33.1 Å². The minimum Gasteiger partial charge on any atom is -0.370 e. The van der Waals surface area contributed by atoms with E-state index in [-0.39, 0.29) is 11.9 Å². The smallest absolute Gasteiger partial charge is 0.249 e. The van der Waals surface area contributed by atoms with Gasteiger partial charge in [0.05, 0.1) is 15.2 Å². The molecule has 2 aromatic carbocycles. The zero-order valence-electron chi connectivity index (χ0n) is 14.2. The lowest BCUT2D eigenvalue weighted by Gasteiger charge is -2.25. The number of aryl methyl sites for hydroxylation is 1. The minimum atomic E-state index is -0.356. The summed E-state index contributed by atoms with van der Waals surface area (Å²) < 4.78 is 1.14. The van der Waals surface area contributed by atoms with Crippen molar-refractivity contribution in [3.05, 3.63) is 59.1 Å². The van der Waals surface area contributed by atoms with Gasteiger partial charge in [-0.05, 0) is 43.5 Å². The molecular weight excluding hydrogens is 330 g/mol. The number of hydrogen-bond donors (Lipinski definition) is 1. The van der Waals surface area contributed by atoms with Crippen LogP contribution in [-0.2, 0) is 4.79 Å². The quantitative estimate of drug-likeness (QED) is 0.759. The molecule has 0 radical (unpaired) electrons. The van der Waals surface area contributed by atoms with Crippen molar-refractivity contribution < 1.29 is 4.79 Å². The summed E-state index contributed by atoms with van der Waals surface area (Å²) in [5.74, 6) is 0.157. The van der Waals surface area contributed by atoms with E-state index in [1.165, 1.54) is 0 Å². The first-order chi connectivity index (χ1) is 12.2. The highest BCUT2D eigenvalue weighted by Gasteiger charge is 2.27. The number of nitrogens with zero attached hydrogens (tertiary/aromatic N) is 2. The van der Waals surface area contributed by atoms with E-state index in [2.05, 4.69) is 16.4 Å².